The van der Waals surface area contributed by atoms with Gasteiger partial charge >= 0.3 is 0 Å². The topological polar surface area (TPSA) is 62.1 Å². The van der Waals surface area contributed by atoms with Gasteiger partial charge in [0, 0.05) is 11.1 Å². The van der Waals surface area contributed by atoms with Crippen molar-refractivity contribution in [2.75, 3.05) is 5.32 Å². The number of amides is 1. The summed E-state index contributed by atoms with van der Waals surface area (Å²) in [5, 5.41) is 14.7. The molecule has 0 aliphatic heterocycles. The molecule has 0 fully saturated rings. The lowest BCUT2D eigenvalue weighted by Gasteiger charge is -2.10. The molecule has 4 aromatic rings. The van der Waals surface area contributed by atoms with Gasteiger partial charge in [-0.3, -0.25) is 4.79 Å². The van der Waals surface area contributed by atoms with Crippen molar-refractivity contribution in [3.05, 3.63) is 113 Å². The van der Waals surface area contributed by atoms with Gasteiger partial charge in [-0.05, 0) is 40.8 Å². The molecule has 0 saturated carbocycles. The van der Waals surface area contributed by atoms with Crippen LogP contribution in [0.3, 0.4) is 0 Å². The third kappa shape index (κ3) is 4.97. The van der Waals surface area contributed by atoms with Crippen LogP contribution in [0.2, 0.25) is 5.02 Å². The van der Waals surface area contributed by atoms with E-state index in [1.54, 1.807) is 18.2 Å². The minimum Gasteiger partial charge on any atom is -0.487 e. The van der Waals surface area contributed by atoms with Crippen molar-refractivity contribution in [3.63, 3.8) is 0 Å². The van der Waals surface area contributed by atoms with Crippen molar-refractivity contribution in [2.45, 2.75) is 6.61 Å². The third-order valence-electron chi connectivity index (χ3n) is 4.91. The number of hydrogen-bond donors (Lipinski definition) is 1. The number of fused-ring (bicyclic) bond motifs is 1. The summed E-state index contributed by atoms with van der Waals surface area (Å²) in [6.07, 6.45) is 1.51. The number of hydrogen-bond acceptors (Lipinski definition) is 3. The first-order chi connectivity index (χ1) is 15.6. The molecule has 32 heavy (non-hydrogen) atoms. The minimum absolute atomic E-state index is 0.0213. The van der Waals surface area contributed by atoms with Gasteiger partial charge in [-0.2, -0.15) is 5.26 Å². The summed E-state index contributed by atoms with van der Waals surface area (Å²) in [4.78, 5) is 12.7. The summed E-state index contributed by atoms with van der Waals surface area (Å²) >= 11 is 6.36. The van der Waals surface area contributed by atoms with E-state index in [1.807, 2.05) is 78.9 Å². The molecular weight excluding hydrogens is 420 g/mol. The molecular formula is C27H19ClN2O2. The van der Waals surface area contributed by atoms with E-state index in [2.05, 4.69) is 5.32 Å². The van der Waals surface area contributed by atoms with Crippen LogP contribution in [0.1, 0.15) is 11.1 Å². The number of nitrogens with zero attached hydrogens (tertiary/aromatic N) is 1. The van der Waals surface area contributed by atoms with Crippen molar-refractivity contribution in [2.24, 2.45) is 0 Å². The van der Waals surface area contributed by atoms with Crippen molar-refractivity contribution >= 4 is 40.0 Å². The Morgan fingerprint density at radius 2 is 1.72 bits per heavy atom. The Morgan fingerprint density at radius 3 is 2.50 bits per heavy atom. The molecule has 5 heteroatoms. The summed E-state index contributed by atoms with van der Waals surface area (Å²) in [5.41, 5.74) is 2.29. The van der Waals surface area contributed by atoms with E-state index in [-0.39, 0.29) is 5.57 Å². The second kappa shape index (κ2) is 9.82. The molecule has 0 bridgehead atoms. The number of nitrogens with one attached hydrogen (secondary N) is 1. The molecule has 0 aromatic heterocycles. The first-order valence-corrected chi connectivity index (χ1v) is 10.4. The molecule has 156 valence electrons. The predicted octanol–water partition coefficient (Wildman–Crippen LogP) is 6.62. The molecule has 4 rings (SSSR count). The summed E-state index contributed by atoms with van der Waals surface area (Å²) in [7, 11) is 0. The zero-order valence-corrected chi connectivity index (χ0v) is 17.8. The highest BCUT2D eigenvalue weighted by atomic mass is 35.5. The molecule has 0 aliphatic rings. The number of anilines is 1. The average molecular weight is 439 g/mol. The Morgan fingerprint density at radius 1 is 0.969 bits per heavy atom. The van der Waals surface area contributed by atoms with E-state index in [1.165, 1.54) is 6.08 Å². The maximum absolute atomic E-state index is 12.7. The molecule has 0 atom stereocenters. The highest BCUT2D eigenvalue weighted by Crippen LogP contribution is 2.28. The number of carbonyl (C=O) groups is 1. The zero-order valence-electron chi connectivity index (χ0n) is 17.1. The van der Waals surface area contributed by atoms with E-state index in [9.17, 15) is 10.1 Å². The van der Waals surface area contributed by atoms with Crippen LogP contribution in [0.25, 0.3) is 16.8 Å². The number of carbonyl (C=O) groups excluding carboxylic acids is 1. The van der Waals surface area contributed by atoms with Gasteiger partial charge in [0.25, 0.3) is 5.91 Å². The summed E-state index contributed by atoms with van der Waals surface area (Å²) < 4.78 is 5.78. The van der Waals surface area contributed by atoms with Crippen LogP contribution >= 0.6 is 11.6 Å². The lowest BCUT2D eigenvalue weighted by molar-refractivity contribution is -0.112. The van der Waals surface area contributed by atoms with Crippen molar-refractivity contribution in [1.82, 2.24) is 0 Å². The monoisotopic (exact) mass is 438 g/mol. The average Bonchev–Trinajstić information content (AvgIpc) is 2.83. The Labute approximate surface area is 191 Å². The van der Waals surface area contributed by atoms with Crippen LogP contribution in [-0.4, -0.2) is 5.91 Å². The third-order valence-corrected chi connectivity index (χ3v) is 5.20. The van der Waals surface area contributed by atoms with Crippen LogP contribution in [0, 0.1) is 11.3 Å². The summed E-state index contributed by atoms with van der Waals surface area (Å²) in [5.74, 6) is 0.0516. The molecule has 4 aromatic carbocycles. The normalized spacial score (nSPS) is 11.1. The second-order valence-electron chi connectivity index (χ2n) is 7.11. The molecule has 0 aliphatic carbocycles. The van der Waals surface area contributed by atoms with E-state index in [0.717, 1.165) is 16.3 Å². The first kappa shape index (κ1) is 21.2. The maximum Gasteiger partial charge on any atom is 0.266 e. The second-order valence-corrected chi connectivity index (χ2v) is 7.52. The Balaban J connectivity index is 1.50. The Bertz CT molecular complexity index is 1340. The van der Waals surface area contributed by atoms with Gasteiger partial charge in [-0.1, -0.05) is 84.4 Å². The minimum atomic E-state index is -0.482. The van der Waals surface area contributed by atoms with E-state index < -0.39 is 5.91 Å². The standard InChI is InChI=1S/C27H19ClN2O2/c28-24-16-20(13-14-26(24)32-18-19-7-2-1-3-8-19)15-22(17-29)27(31)30-25-12-6-10-21-9-4-5-11-23(21)25/h1-16H,18H2,(H,30,31)/b22-15+. The molecule has 1 N–H and O–H groups in total. The summed E-state index contributed by atoms with van der Waals surface area (Å²) in [6.45, 7) is 0.395. The van der Waals surface area contributed by atoms with Crippen LogP contribution in [-0.2, 0) is 11.4 Å². The number of benzene rings is 4. The quantitative estimate of drug-likeness (QED) is 0.272. The molecule has 4 nitrogen and oxygen atoms in total. The summed E-state index contributed by atoms with van der Waals surface area (Å²) in [6, 6.07) is 30.3. The maximum atomic E-state index is 12.7. The lowest BCUT2D eigenvalue weighted by atomic mass is 10.1. The van der Waals surface area contributed by atoms with Gasteiger partial charge in [0.15, 0.2) is 0 Å². The van der Waals surface area contributed by atoms with Crippen molar-refractivity contribution in [3.8, 4) is 11.8 Å². The van der Waals surface area contributed by atoms with Crippen LogP contribution in [0.5, 0.6) is 5.75 Å². The van der Waals surface area contributed by atoms with Gasteiger partial charge in [0.1, 0.15) is 24.0 Å². The molecule has 0 unspecified atom stereocenters. The van der Waals surface area contributed by atoms with Crippen LogP contribution < -0.4 is 10.1 Å². The smallest absolute Gasteiger partial charge is 0.266 e. The molecule has 0 radical (unpaired) electrons. The molecule has 0 saturated heterocycles. The van der Waals surface area contributed by atoms with Gasteiger partial charge in [0.05, 0.1) is 5.02 Å². The molecule has 0 spiro atoms. The highest BCUT2D eigenvalue weighted by Gasteiger charge is 2.12. The molecule has 0 heterocycles. The first-order valence-electron chi connectivity index (χ1n) is 10.0. The number of ether oxygens (including phenoxy) is 1. The predicted molar refractivity (Wildman–Crippen MR) is 128 cm³/mol. The fourth-order valence-electron chi connectivity index (χ4n) is 3.30. The van der Waals surface area contributed by atoms with Crippen molar-refractivity contribution < 1.29 is 9.53 Å². The zero-order chi connectivity index (χ0) is 22.3. The van der Waals surface area contributed by atoms with E-state index >= 15 is 0 Å². The van der Waals surface area contributed by atoms with Crippen molar-refractivity contribution in [1.29, 1.82) is 5.26 Å². The van der Waals surface area contributed by atoms with Crippen LogP contribution in [0.4, 0.5) is 5.69 Å². The van der Waals surface area contributed by atoms with Gasteiger partial charge in [-0.15, -0.1) is 0 Å². The number of rotatable bonds is 6. The Hall–Kier alpha value is -4.07. The van der Waals surface area contributed by atoms with Gasteiger partial charge in [-0.25, -0.2) is 0 Å². The lowest BCUT2D eigenvalue weighted by Crippen LogP contribution is -2.13. The fourth-order valence-corrected chi connectivity index (χ4v) is 3.54. The van der Waals surface area contributed by atoms with E-state index in [4.69, 9.17) is 16.3 Å². The SMILES string of the molecule is N#C/C(=C\c1ccc(OCc2ccccc2)c(Cl)c1)C(=O)Nc1cccc2ccccc12. The van der Waals surface area contributed by atoms with Gasteiger partial charge < -0.3 is 10.1 Å². The fraction of sp³-hybridized carbons (Fsp3) is 0.0370. The Kier molecular flexibility index (Phi) is 6.50. The van der Waals surface area contributed by atoms with Gasteiger partial charge in [0.2, 0.25) is 0 Å². The largest absolute Gasteiger partial charge is 0.487 e. The number of halogens is 1. The molecule has 1 amide bonds. The van der Waals surface area contributed by atoms with E-state index in [0.29, 0.717) is 28.6 Å². The van der Waals surface area contributed by atoms with Crippen LogP contribution in [0.15, 0.2) is 96.6 Å². The highest BCUT2D eigenvalue weighted by molar-refractivity contribution is 6.32. The number of nitriles is 1.